The molecule has 1 atom stereocenters. The van der Waals surface area contributed by atoms with Gasteiger partial charge in [-0.2, -0.15) is 0 Å². The Kier molecular flexibility index (Phi) is 7.35. The van der Waals surface area contributed by atoms with Crippen LogP contribution < -0.4 is 5.32 Å². The van der Waals surface area contributed by atoms with Crippen molar-refractivity contribution < 1.29 is 23.9 Å². The van der Waals surface area contributed by atoms with Crippen molar-refractivity contribution in [1.29, 1.82) is 5.41 Å². The fraction of sp³-hybridized carbons (Fsp3) is 0.750. The SMILES string of the molecule is COC1(C(=O)N[C@@H](CCC(=O)C=N)C(=O)OC(C)C)CCCC1. The number of carbonyl (C=O) groups excluding carboxylic acids is 3. The van der Waals surface area contributed by atoms with E-state index in [4.69, 9.17) is 14.9 Å². The number of ether oxygens (including phenoxy) is 2. The van der Waals surface area contributed by atoms with Crippen LogP contribution in [-0.4, -0.2) is 48.7 Å². The molecule has 0 saturated heterocycles. The molecule has 1 fully saturated rings. The largest absolute Gasteiger partial charge is 0.461 e. The van der Waals surface area contributed by atoms with Gasteiger partial charge in [-0.05, 0) is 46.0 Å². The number of hydrogen-bond acceptors (Lipinski definition) is 6. The molecule has 0 aromatic heterocycles. The summed E-state index contributed by atoms with van der Waals surface area (Å²) in [6.07, 6.45) is 3.51. The van der Waals surface area contributed by atoms with E-state index in [-0.39, 0.29) is 24.9 Å². The molecule has 130 valence electrons. The minimum absolute atomic E-state index is 0.00161. The van der Waals surface area contributed by atoms with Gasteiger partial charge in [-0.3, -0.25) is 9.59 Å². The summed E-state index contributed by atoms with van der Waals surface area (Å²) in [4.78, 5) is 36.0. The molecular formula is C16H26N2O5. The Hall–Kier alpha value is -1.76. The number of esters is 1. The molecule has 0 radical (unpaired) electrons. The second-order valence-electron chi connectivity index (χ2n) is 6.07. The van der Waals surface area contributed by atoms with Crippen LogP contribution >= 0.6 is 0 Å². The summed E-state index contributed by atoms with van der Waals surface area (Å²) in [5, 5.41) is 9.58. The van der Waals surface area contributed by atoms with Crippen molar-refractivity contribution in [1.82, 2.24) is 5.32 Å². The molecule has 0 aromatic carbocycles. The van der Waals surface area contributed by atoms with E-state index in [1.165, 1.54) is 7.11 Å². The van der Waals surface area contributed by atoms with Crippen molar-refractivity contribution >= 4 is 23.9 Å². The molecule has 2 N–H and O–H groups in total. The first-order valence-corrected chi connectivity index (χ1v) is 7.94. The lowest BCUT2D eigenvalue weighted by atomic mass is 9.99. The van der Waals surface area contributed by atoms with Gasteiger partial charge in [-0.15, -0.1) is 0 Å². The molecule has 7 nitrogen and oxygen atoms in total. The molecule has 1 rings (SSSR count). The minimum Gasteiger partial charge on any atom is -0.461 e. The number of amides is 1. The van der Waals surface area contributed by atoms with Crippen molar-refractivity contribution in [3.8, 4) is 0 Å². The highest BCUT2D eigenvalue weighted by Crippen LogP contribution is 2.33. The number of ketones is 1. The van der Waals surface area contributed by atoms with Crippen LogP contribution in [0.25, 0.3) is 0 Å². The normalized spacial score (nSPS) is 17.6. The second-order valence-corrected chi connectivity index (χ2v) is 6.07. The highest BCUT2D eigenvalue weighted by Gasteiger charge is 2.42. The Balaban J connectivity index is 2.77. The maximum Gasteiger partial charge on any atom is 0.328 e. The van der Waals surface area contributed by atoms with Gasteiger partial charge in [-0.1, -0.05) is 0 Å². The van der Waals surface area contributed by atoms with Crippen LogP contribution in [0, 0.1) is 5.41 Å². The fourth-order valence-corrected chi connectivity index (χ4v) is 2.68. The summed E-state index contributed by atoms with van der Waals surface area (Å²) in [6.45, 7) is 3.43. The summed E-state index contributed by atoms with van der Waals surface area (Å²) in [5.41, 5.74) is -0.901. The van der Waals surface area contributed by atoms with Gasteiger partial charge in [0.2, 0.25) is 0 Å². The van der Waals surface area contributed by atoms with Gasteiger partial charge in [0, 0.05) is 13.5 Å². The number of nitrogens with one attached hydrogen (secondary N) is 2. The minimum atomic E-state index is -0.915. The standard InChI is InChI=1S/C16H26N2O5/c1-11(2)23-14(20)13(7-6-12(19)10-17)18-15(21)16(22-3)8-4-5-9-16/h10-11,13,17H,4-9H2,1-3H3,(H,18,21)/t13-/m0/s1. The van der Waals surface area contributed by atoms with Crippen LogP contribution in [-0.2, 0) is 23.9 Å². The van der Waals surface area contributed by atoms with Crippen molar-refractivity contribution in [2.24, 2.45) is 0 Å². The van der Waals surface area contributed by atoms with E-state index in [2.05, 4.69) is 5.32 Å². The van der Waals surface area contributed by atoms with E-state index >= 15 is 0 Å². The van der Waals surface area contributed by atoms with Gasteiger partial charge < -0.3 is 20.2 Å². The lowest BCUT2D eigenvalue weighted by Crippen LogP contribution is -2.52. The maximum absolute atomic E-state index is 12.5. The number of Topliss-reactive ketones (excluding diaryl/α,β-unsaturated/α-hetero) is 1. The van der Waals surface area contributed by atoms with Gasteiger partial charge >= 0.3 is 5.97 Å². The molecule has 0 aromatic rings. The van der Waals surface area contributed by atoms with Gasteiger partial charge in [-0.25, -0.2) is 4.79 Å². The first-order chi connectivity index (χ1) is 10.8. The number of hydrogen-bond donors (Lipinski definition) is 2. The van der Waals surface area contributed by atoms with Crippen LogP contribution in [0.2, 0.25) is 0 Å². The Bertz CT molecular complexity index is 455. The van der Waals surface area contributed by atoms with E-state index < -0.39 is 23.4 Å². The van der Waals surface area contributed by atoms with Gasteiger partial charge in [0.1, 0.15) is 11.6 Å². The van der Waals surface area contributed by atoms with Crippen molar-refractivity contribution in [2.45, 2.75) is 70.1 Å². The summed E-state index contributed by atoms with van der Waals surface area (Å²) in [7, 11) is 1.49. The molecule has 0 spiro atoms. The van der Waals surface area contributed by atoms with Gasteiger partial charge in [0.15, 0.2) is 5.78 Å². The summed E-state index contributed by atoms with van der Waals surface area (Å²) in [5.74, 6) is -1.31. The van der Waals surface area contributed by atoms with Gasteiger partial charge in [0.05, 0.1) is 12.3 Å². The Morgan fingerprint density at radius 2 is 1.87 bits per heavy atom. The predicted molar refractivity (Wildman–Crippen MR) is 84.4 cm³/mol. The zero-order valence-electron chi connectivity index (χ0n) is 14.0. The Morgan fingerprint density at radius 3 is 2.35 bits per heavy atom. The zero-order valence-corrected chi connectivity index (χ0v) is 14.0. The molecule has 0 heterocycles. The molecule has 0 unspecified atom stereocenters. The number of methoxy groups -OCH3 is 1. The van der Waals surface area contributed by atoms with E-state index in [1.807, 2.05) is 0 Å². The maximum atomic E-state index is 12.5. The fourth-order valence-electron chi connectivity index (χ4n) is 2.68. The molecule has 0 aliphatic heterocycles. The topological polar surface area (TPSA) is 106 Å². The van der Waals surface area contributed by atoms with E-state index in [1.54, 1.807) is 13.8 Å². The average Bonchev–Trinajstić information content (AvgIpc) is 3.00. The predicted octanol–water partition coefficient (Wildman–Crippen LogP) is 1.38. The van der Waals surface area contributed by atoms with E-state index in [9.17, 15) is 14.4 Å². The highest BCUT2D eigenvalue weighted by molar-refractivity contribution is 6.26. The van der Waals surface area contributed by atoms with Crippen LogP contribution in [0.5, 0.6) is 0 Å². The molecule has 7 heteroatoms. The summed E-state index contributed by atoms with van der Waals surface area (Å²) >= 11 is 0. The summed E-state index contributed by atoms with van der Waals surface area (Å²) in [6, 6.07) is -0.915. The average molecular weight is 326 g/mol. The van der Waals surface area contributed by atoms with Crippen molar-refractivity contribution in [3.05, 3.63) is 0 Å². The van der Waals surface area contributed by atoms with Crippen LogP contribution in [0.4, 0.5) is 0 Å². The quantitative estimate of drug-likeness (QED) is 0.492. The molecule has 0 bridgehead atoms. The Morgan fingerprint density at radius 1 is 1.26 bits per heavy atom. The highest BCUT2D eigenvalue weighted by atomic mass is 16.5. The van der Waals surface area contributed by atoms with Crippen LogP contribution in [0.1, 0.15) is 52.4 Å². The van der Waals surface area contributed by atoms with Crippen LogP contribution in [0.3, 0.4) is 0 Å². The first kappa shape index (κ1) is 19.3. The van der Waals surface area contributed by atoms with Crippen LogP contribution in [0.15, 0.2) is 0 Å². The zero-order chi connectivity index (χ0) is 17.5. The third kappa shape index (κ3) is 5.42. The lowest BCUT2D eigenvalue weighted by Gasteiger charge is -2.28. The smallest absolute Gasteiger partial charge is 0.328 e. The molecule has 23 heavy (non-hydrogen) atoms. The van der Waals surface area contributed by atoms with Crippen molar-refractivity contribution in [3.63, 3.8) is 0 Å². The third-order valence-electron chi connectivity index (χ3n) is 4.00. The van der Waals surface area contributed by atoms with Crippen molar-refractivity contribution in [2.75, 3.05) is 7.11 Å². The third-order valence-corrected chi connectivity index (χ3v) is 4.00. The lowest BCUT2D eigenvalue weighted by molar-refractivity contribution is -0.155. The summed E-state index contributed by atoms with van der Waals surface area (Å²) < 4.78 is 10.5. The van der Waals surface area contributed by atoms with E-state index in [0.717, 1.165) is 12.8 Å². The molecule has 1 aliphatic rings. The van der Waals surface area contributed by atoms with Gasteiger partial charge in [0.25, 0.3) is 5.91 Å². The molecule has 1 saturated carbocycles. The second kappa shape index (κ2) is 8.76. The molecular weight excluding hydrogens is 300 g/mol. The van der Waals surface area contributed by atoms with E-state index in [0.29, 0.717) is 19.1 Å². The first-order valence-electron chi connectivity index (χ1n) is 7.94. The monoisotopic (exact) mass is 326 g/mol. The molecule has 1 aliphatic carbocycles. The Labute approximate surface area is 136 Å². The number of rotatable bonds is 9. The molecule has 1 amide bonds. The number of carbonyl (C=O) groups is 3.